The number of piperidine rings is 1. The summed E-state index contributed by atoms with van der Waals surface area (Å²) < 4.78 is 5.15. The summed E-state index contributed by atoms with van der Waals surface area (Å²) in [5.41, 5.74) is 2.56. The molecule has 1 fully saturated rings. The molecule has 3 nitrogen and oxygen atoms in total. The predicted molar refractivity (Wildman–Crippen MR) is 104 cm³/mol. The number of methoxy groups -OCH3 is 1. The van der Waals surface area contributed by atoms with Crippen LogP contribution in [0.15, 0.2) is 42.6 Å². The minimum atomic E-state index is 0.504. The van der Waals surface area contributed by atoms with Crippen molar-refractivity contribution in [3.8, 4) is 5.88 Å². The number of ether oxygens (including phenoxy) is 1. The van der Waals surface area contributed by atoms with E-state index in [9.17, 15) is 0 Å². The lowest BCUT2D eigenvalue weighted by Gasteiger charge is -2.35. The first-order valence-corrected chi connectivity index (χ1v) is 9.47. The van der Waals surface area contributed by atoms with Crippen LogP contribution in [0.4, 0.5) is 0 Å². The highest BCUT2D eigenvalue weighted by Crippen LogP contribution is 2.38. The van der Waals surface area contributed by atoms with Crippen LogP contribution in [0.2, 0.25) is 5.02 Å². The Balaban J connectivity index is 1.75. The Morgan fingerprint density at radius 2 is 1.96 bits per heavy atom. The fraction of sp³-hybridized carbons (Fsp3) is 0.476. The smallest absolute Gasteiger partial charge is 0.212 e. The van der Waals surface area contributed by atoms with Crippen molar-refractivity contribution < 1.29 is 4.74 Å². The number of aromatic nitrogens is 1. The van der Waals surface area contributed by atoms with E-state index < -0.39 is 0 Å². The number of aryl methyl sites for hydroxylation is 1. The zero-order valence-corrected chi connectivity index (χ0v) is 15.9. The molecule has 1 aliphatic rings. The van der Waals surface area contributed by atoms with Crippen LogP contribution in [-0.4, -0.2) is 37.1 Å². The van der Waals surface area contributed by atoms with Gasteiger partial charge in [-0.2, -0.15) is 0 Å². The van der Waals surface area contributed by atoms with Crippen molar-refractivity contribution in [3.05, 3.63) is 58.7 Å². The topological polar surface area (TPSA) is 25.4 Å². The Morgan fingerprint density at radius 3 is 2.60 bits per heavy atom. The minimum absolute atomic E-state index is 0.504. The normalized spacial score (nSPS) is 17.4. The molecule has 134 valence electrons. The largest absolute Gasteiger partial charge is 0.481 e. The van der Waals surface area contributed by atoms with Gasteiger partial charge >= 0.3 is 0 Å². The van der Waals surface area contributed by atoms with Gasteiger partial charge in [0.05, 0.1) is 7.11 Å². The number of hydrogen-bond acceptors (Lipinski definition) is 3. The molecule has 4 heteroatoms. The van der Waals surface area contributed by atoms with Crippen molar-refractivity contribution in [2.75, 3.05) is 27.2 Å². The second-order valence-corrected chi connectivity index (χ2v) is 7.42. The third-order valence-corrected chi connectivity index (χ3v) is 5.73. The van der Waals surface area contributed by atoms with Gasteiger partial charge in [-0.05, 0) is 74.8 Å². The molecule has 0 bridgehead atoms. The molecule has 1 saturated heterocycles. The van der Waals surface area contributed by atoms with Gasteiger partial charge in [0, 0.05) is 17.3 Å². The minimum Gasteiger partial charge on any atom is -0.481 e. The number of rotatable bonds is 6. The van der Waals surface area contributed by atoms with E-state index in [1.165, 1.54) is 37.1 Å². The van der Waals surface area contributed by atoms with Crippen LogP contribution in [0.3, 0.4) is 0 Å². The molecule has 25 heavy (non-hydrogen) atoms. The lowest BCUT2D eigenvalue weighted by Crippen LogP contribution is -2.33. The van der Waals surface area contributed by atoms with Gasteiger partial charge in [0.1, 0.15) is 0 Å². The van der Waals surface area contributed by atoms with Gasteiger partial charge in [0.25, 0.3) is 0 Å². The monoisotopic (exact) mass is 358 g/mol. The zero-order valence-electron chi connectivity index (χ0n) is 15.1. The van der Waals surface area contributed by atoms with Crippen molar-refractivity contribution in [1.82, 2.24) is 9.88 Å². The van der Waals surface area contributed by atoms with Gasteiger partial charge < -0.3 is 9.64 Å². The Bertz CT molecular complexity index is 666. The van der Waals surface area contributed by atoms with E-state index >= 15 is 0 Å². The van der Waals surface area contributed by atoms with Gasteiger partial charge in [0.15, 0.2) is 0 Å². The second kappa shape index (κ2) is 8.68. The van der Waals surface area contributed by atoms with Crippen LogP contribution < -0.4 is 4.74 Å². The molecule has 0 aliphatic carbocycles. The van der Waals surface area contributed by atoms with Gasteiger partial charge in [-0.15, -0.1) is 0 Å². The molecule has 3 rings (SSSR count). The average Bonchev–Trinajstić information content (AvgIpc) is 2.65. The average molecular weight is 359 g/mol. The highest BCUT2D eigenvalue weighted by Gasteiger charge is 2.27. The first kappa shape index (κ1) is 18.2. The van der Waals surface area contributed by atoms with Crippen molar-refractivity contribution in [2.45, 2.75) is 31.6 Å². The van der Waals surface area contributed by atoms with Crippen molar-refractivity contribution in [2.24, 2.45) is 5.92 Å². The summed E-state index contributed by atoms with van der Waals surface area (Å²) in [6, 6.07) is 12.4. The van der Waals surface area contributed by atoms with E-state index in [1.807, 2.05) is 24.4 Å². The highest BCUT2D eigenvalue weighted by molar-refractivity contribution is 6.31. The van der Waals surface area contributed by atoms with Gasteiger partial charge in [0.2, 0.25) is 5.88 Å². The summed E-state index contributed by atoms with van der Waals surface area (Å²) in [6.07, 6.45) is 6.53. The lowest BCUT2D eigenvalue weighted by molar-refractivity contribution is 0.194. The molecule has 1 atom stereocenters. The van der Waals surface area contributed by atoms with E-state index in [4.69, 9.17) is 16.3 Å². The maximum atomic E-state index is 6.55. The van der Waals surface area contributed by atoms with E-state index in [0.717, 1.165) is 17.9 Å². The molecule has 1 aliphatic heterocycles. The summed E-state index contributed by atoms with van der Waals surface area (Å²) in [5, 5.41) is 0.902. The van der Waals surface area contributed by atoms with Crippen LogP contribution in [0.25, 0.3) is 0 Å². The maximum Gasteiger partial charge on any atom is 0.212 e. The van der Waals surface area contributed by atoms with E-state index in [1.54, 1.807) is 7.11 Å². The third kappa shape index (κ3) is 4.74. The summed E-state index contributed by atoms with van der Waals surface area (Å²) >= 11 is 6.55. The fourth-order valence-corrected chi connectivity index (χ4v) is 4.13. The van der Waals surface area contributed by atoms with Crippen LogP contribution in [0.5, 0.6) is 5.88 Å². The van der Waals surface area contributed by atoms with Crippen molar-refractivity contribution in [3.63, 3.8) is 0 Å². The number of pyridine rings is 1. The summed E-state index contributed by atoms with van der Waals surface area (Å²) in [4.78, 5) is 6.76. The van der Waals surface area contributed by atoms with Gasteiger partial charge in [-0.1, -0.05) is 35.9 Å². The molecular formula is C21H27ClN2O. The first-order valence-electron chi connectivity index (χ1n) is 9.09. The van der Waals surface area contributed by atoms with Gasteiger partial charge in [-0.25, -0.2) is 4.98 Å². The fourth-order valence-electron chi connectivity index (χ4n) is 3.85. The Labute approximate surface area is 156 Å². The SMILES string of the molecule is COc1ccc(CCC(c2ccccc2Cl)C2CCN(C)CC2)cn1. The Kier molecular flexibility index (Phi) is 6.33. The van der Waals surface area contributed by atoms with Crippen LogP contribution in [0, 0.1) is 5.92 Å². The Hall–Kier alpha value is -1.58. The van der Waals surface area contributed by atoms with E-state index in [-0.39, 0.29) is 0 Å². The van der Waals surface area contributed by atoms with Crippen molar-refractivity contribution >= 4 is 11.6 Å². The molecule has 0 radical (unpaired) electrons. The van der Waals surface area contributed by atoms with Crippen LogP contribution >= 0.6 is 11.6 Å². The summed E-state index contributed by atoms with van der Waals surface area (Å²) in [6.45, 7) is 2.35. The number of hydrogen-bond donors (Lipinski definition) is 0. The molecule has 1 aromatic carbocycles. The molecule has 0 N–H and O–H groups in total. The molecule has 2 heterocycles. The number of benzene rings is 1. The van der Waals surface area contributed by atoms with Crippen LogP contribution in [0.1, 0.15) is 36.3 Å². The zero-order chi connectivity index (χ0) is 17.6. The molecule has 1 aromatic heterocycles. The molecule has 2 aromatic rings. The predicted octanol–water partition coefficient (Wildman–Crippen LogP) is 4.80. The second-order valence-electron chi connectivity index (χ2n) is 7.02. The highest BCUT2D eigenvalue weighted by atomic mass is 35.5. The summed E-state index contributed by atoms with van der Waals surface area (Å²) in [5.74, 6) is 1.87. The third-order valence-electron chi connectivity index (χ3n) is 5.39. The quantitative estimate of drug-likeness (QED) is 0.741. The first-order chi connectivity index (χ1) is 12.2. The number of likely N-dealkylation sites (tertiary alicyclic amines) is 1. The molecule has 0 saturated carbocycles. The Morgan fingerprint density at radius 1 is 1.20 bits per heavy atom. The number of halogens is 1. The van der Waals surface area contributed by atoms with E-state index in [0.29, 0.717) is 17.7 Å². The molecular weight excluding hydrogens is 332 g/mol. The van der Waals surface area contributed by atoms with Crippen LogP contribution in [-0.2, 0) is 6.42 Å². The lowest BCUT2D eigenvalue weighted by atomic mass is 9.77. The molecule has 1 unspecified atom stereocenters. The van der Waals surface area contributed by atoms with Gasteiger partial charge in [-0.3, -0.25) is 0 Å². The van der Waals surface area contributed by atoms with Crippen molar-refractivity contribution in [1.29, 1.82) is 0 Å². The number of nitrogens with zero attached hydrogens (tertiary/aromatic N) is 2. The maximum absolute atomic E-state index is 6.55. The molecule has 0 amide bonds. The standard InChI is InChI=1S/C21H27ClN2O/c1-24-13-11-17(12-14-24)18(19-5-3-4-6-20(19)22)9-7-16-8-10-21(25-2)23-15-16/h3-6,8,10,15,17-18H,7,9,11-14H2,1-2H3. The molecule has 0 spiro atoms. The summed E-state index contributed by atoms with van der Waals surface area (Å²) in [7, 11) is 3.86. The van der Waals surface area contributed by atoms with E-state index in [2.05, 4.69) is 35.1 Å².